The zero-order chi connectivity index (χ0) is 22.9. The van der Waals surface area contributed by atoms with Gasteiger partial charge in [-0.25, -0.2) is 0 Å². The number of aryl methyl sites for hydroxylation is 1. The first-order chi connectivity index (χ1) is 16.0. The van der Waals surface area contributed by atoms with Gasteiger partial charge < -0.3 is 0 Å². The molecule has 0 fully saturated rings. The van der Waals surface area contributed by atoms with Gasteiger partial charge in [0.1, 0.15) is 0 Å². The van der Waals surface area contributed by atoms with E-state index in [2.05, 4.69) is 71.2 Å². The molecule has 5 nitrogen and oxygen atoms in total. The molecule has 2 aromatic carbocycles. The number of hydrogen-bond donors (Lipinski definition) is 0. The van der Waals surface area contributed by atoms with Gasteiger partial charge in [0.2, 0.25) is 0 Å². The molecule has 2 unspecified atom stereocenters. The van der Waals surface area contributed by atoms with Crippen LogP contribution >= 0.6 is 11.6 Å². The molecule has 5 rings (SSSR count). The Morgan fingerprint density at radius 1 is 1.03 bits per heavy atom. The van der Waals surface area contributed by atoms with Crippen molar-refractivity contribution in [1.82, 2.24) is 14.9 Å². The van der Waals surface area contributed by atoms with Crippen molar-refractivity contribution in [2.24, 2.45) is 4.99 Å². The normalized spacial score (nSPS) is 16.1. The molecule has 0 bridgehead atoms. The molecular formula is C26H24AsClN4O. The van der Waals surface area contributed by atoms with Gasteiger partial charge in [0.25, 0.3) is 0 Å². The Balaban J connectivity index is 1.31. The molecule has 1 aliphatic rings. The zero-order valence-corrected chi connectivity index (χ0v) is 21.7. The Morgan fingerprint density at radius 2 is 1.85 bits per heavy atom. The minimum atomic E-state index is 0.262. The molecule has 0 spiro atoms. The number of halogens is 1. The van der Waals surface area contributed by atoms with Gasteiger partial charge in [0.15, 0.2) is 0 Å². The van der Waals surface area contributed by atoms with E-state index in [0.717, 1.165) is 57.7 Å². The van der Waals surface area contributed by atoms with Gasteiger partial charge >= 0.3 is 207 Å². The van der Waals surface area contributed by atoms with Crippen molar-refractivity contribution in [3.05, 3.63) is 89.2 Å². The Hall–Kier alpha value is -2.88. The van der Waals surface area contributed by atoms with Crippen LogP contribution in [0.1, 0.15) is 23.6 Å². The molecule has 4 aromatic rings. The molecular weight excluding hydrogens is 495 g/mol. The first-order valence-electron chi connectivity index (χ1n) is 10.8. The number of nitrogens with zero attached hydrogens (tertiary/aromatic N) is 4. The Morgan fingerprint density at radius 3 is 2.64 bits per heavy atom. The average molecular weight is 519 g/mol. The summed E-state index contributed by atoms with van der Waals surface area (Å²) in [6.07, 6.45) is 8.52. The van der Waals surface area contributed by atoms with E-state index in [9.17, 15) is 0 Å². The second-order valence-corrected chi connectivity index (χ2v) is 9.99. The number of hydrogen-bond acceptors (Lipinski definition) is 5. The maximum atomic E-state index is 5.82. The van der Waals surface area contributed by atoms with E-state index in [4.69, 9.17) is 21.0 Å². The van der Waals surface area contributed by atoms with Crippen LogP contribution in [0.25, 0.3) is 27.8 Å². The van der Waals surface area contributed by atoms with E-state index in [1.807, 2.05) is 6.07 Å². The van der Waals surface area contributed by atoms with Gasteiger partial charge in [-0.2, -0.15) is 0 Å². The van der Waals surface area contributed by atoms with Crippen LogP contribution in [-0.4, -0.2) is 48.9 Å². The Labute approximate surface area is 206 Å². The molecule has 166 valence electrons. The number of fused-ring (bicyclic) bond motifs is 1. The number of furan rings is 1. The van der Waals surface area contributed by atoms with E-state index in [0.29, 0.717) is 4.83 Å². The molecule has 0 amide bonds. The number of benzene rings is 2. The number of amidine groups is 1. The van der Waals surface area contributed by atoms with Crippen LogP contribution in [-0.2, 0) is 6.42 Å². The third-order valence-electron chi connectivity index (χ3n) is 5.97. The van der Waals surface area contributed by atoms with Crippen molar-refractivity contribution < 1.29 is 4.42 Å². The van der Waals surface area contributed by atoms with Gasteiger partial charge in [-0.05, 0) is 0 Å². The molecule has 0 saturated heterocycles. The Bertz CT molecular complexity index is 1380. The van der Waals surface area contributed by atoms with Gasteiger partial charge in [0.05, 0.1) is 0 Å². The standard InChI is InChI=1S/C26H24AsClN4O/c1-16-15-33-24-7-6-20(11-22(16)24)23-12-25(27)32(17(2)31-23)9-8-18-4-3-5-19(10-18)21-13-29-26(28)30-14-21/h3-7,10-15,25H,8-9,27H2,1-2H3. The van der Waals surface area contributed by atoms with Gasteiger partial charge in [-0.3, -0.25) is 0 Å². The van der Waals surface area contributed by atoms with E-state index in [1.165, 1.54) is 5.56 Å². The monoisotopic (exact) mass is 518 g/mol. The van der Waals surface area contributed by atoms with Crippen molar-refractivity contribution in [3.8, 4) is 11.1 Å². The summed E-state index contributed by atoms with van der Waals surface area (Å²) in [4.78, 5) is 15.8. The van der Waals surface area contributed by atoms with Crippen LogP contribution in [0.5, 0.6) is 0 Å². The first-order valence-corrected chi connectivity index (χ1v) is 12.6. The van der Waals surface area contributed by atoms with Crippen molar-refractivity contribution in [2.75, 3.05) is 6.54 Å². The molecule has 2 atom stereocenters. The maximum absolute atomic E-state index is 5.82. The average Bonchev–Trinajstić information content (AvgIpc) is 3.19. The van der Waals surface area contributed by atoms with Gasteiger partial charge in [-0.1, -0.05) is 0 Å². The summed E-state index contributed by atoms with van der Waals surface area (Å²) in [5.41, 5.74) is 7.56. The first kappa shape index (κ1) is 21.9. The molecule has 0 saturated carbocycles. The summed E-state index contributed by atoms with van der Waals surface area (Å²) in [6.45, 7) is 5.08. The van der Waals surface area contributed by atoms with Crippen molar-refractivity contribution in [2.45, 2.75) is 25.1 Å². The number of aliphatic imine (C=N–C) groups is 1. The molecule has 0 N–H and O–H groups in total. The molecule has 3 heterocycles. The van der Waals surface area contributed by atoms with Crippen LogP contribution in [0.3, 0.4) is 0 Å². The predicted molar refractivity (Wildman–Crippen MR) is 137 cm³/mol. The topological polar surface area (TPSA) is 54.5 Å². The summed E-state index contributed by atoms with van der Waals surface area (Å²) < 4.78 is 5.59. The van der Waals surface area contributed by atoms with Crippen LogP contribution < -0.4 is 0 Å². The van der Waals surface area contributed by atoms with Crippen LogP contribution in [0.15, 0.2) is 76.6 Å². The van der Waals surface area contributed by atoms with Gasteiger partial charge in [-0.15, -0.1) is 0 Å². The summed E-state index contributed by atoms with van der Waals surface area (Å²) in [7, 11) is 0. The van der Waals surface area contributed by atoms with E-state index in [-0.39, 0.29) is 5.28 Å². The molecule has 7 heteroatoms. The zero-order valence-electron chi connectivity index (χ0n) is 18.5. The minimum absolute atomic E-state index is 0.262. The van der Waals surface area contributed by atoms with Crippen LogP contribution in [0, 0.1) is 6.92 Å². The van der Waals surface area contributed by atoms with E-state index >= 15 is 0 Å². The fourth-order valence-electron chi connectivity index (χ4n) is 4.15. The Kier molecular flexibility index (Phi) is 6.09. The SMILES string of the molecule is CC1=NC(c2ccc3occ(C)c3c2)=CC([AsH2])N1CCc1cccc(-c2cnc(Cl)nc2)c1. The van der Waals surface area contributed by atoms with Crippen molar-refractivity contribution >= 4 is 51.0 Å². The fraction of sp³-hybridized carbons (Fsp3) is 0.192. The summed E-state index contributed by atoms with van der Waals surface area (Å²) >= 11 is 7.51. The van der Waals surface area contributed by atoms with Crippen molar-refractivity contribution in [1.29, 1.82) is 0 Å². The van der Waals surface area contributed by atoms with Gasteiger partial charge in [0, 0.05) is 0 Å². The third-order valence-corrected chi connectivity index (χ3v) is 7.33. The second-order valence-electron chi connectivity index (χ2n) is 8.22. The van der Waals surface area contributed by atoms with Crippen LogP contribution in [0.4, 0.5) is 0 Å². The second kappa shape index (κ2) is 9.17. The third kappa shape index (κ3) is 4.61. The summed E-state index contributed by atoms with van der Waals surface area (Å²) in [5.74, 6) is 1.05. The summed E-state index contributed by atoms with van der Waals surface area (Å²) in [5, 5.41) is 1.41. The number of aromatic nitrogens is 2. The molecule has 0 aliphatic carbocycles. The molecule has 2 aromatic heterocycles. The molecule has 1 aliphatic heterocycles. The fourth-order valence-corrected chi connectivity index (χ4v) is 5.39. The quantitative estimate of drug-likeness (QED) is 0.272. The van der Waals surface area contributed by atoms with E-state index in [1.54, 1.807) is 35.5 Å². The molecule has 0 radical (unpaired) electrons. The number of rotatable bonds is 5. The van der Waals surface area contributed by atoms with Crippen LogP contribution in [0.2, 0.25) is 5.28 Å². The van der Waals surface area contributed by atoms with E-state index < -0.39 is 0 Å². The van der Waals surface area contributed by atoms with Crippen molar-refractivity contribution in [3.63, 3.8) is 0 Å². The summed E-state index contributed by atoms with van der Waals surface area (Å²) in [6, 6.07) is 14.8. The molecule has 33 heavy (non-hydrogen) atoms. The predicted octanol–water partition coefficient (Wildman–Crippen LogP) is 5.13.